The van der Waals surface area contributed by atoms with E-state index in [0.29, 0.717) is 49.8 Å². The van der Waals surface area contributed by atoms with Gasteiger partial charge in [0.2, 0.25) is 17.7 Å². The maximum Gasteiger partial charge on any atom is 0.273 e. The van der Waals surface area contributed by atoms with E-state index in [2.05, 4.69) is 31.4 Å². The van der Waals surface area contributed by atoms with Crippen molar-refractivity contribution in [2.75, 3.05) is 27.2 Å². The lowest BCUT2D eigenvalue weighted by Crippen LogP contribution is -2.57. The number of benzene rings is 3. The molecular weight excluding hydrogens is 901 g/mol. The monoisotopic (exact) mass is 960 g/mol. The van der Waals surface area contributed by atoms with E-state index < -0.39 is 35.4 Å². The molecule has 1 saturated heterocycles. The number of fused-ring (bicyclic) bond motifs is 1. The van der Waals surface area contributed by atoms with Gasteiger partial charge in [-0.3, -0.25) is 28.8 Å². The molecule has 0 saturated carbocycles. The molecule has 3 heterocycles. The standard InChI is InChI=1S/C51H60N8O9S/c1-29-44(69-28-54-29)32-13-11-30(12-14-32)26-53-48(65)40-24-35(60)27-59(40)50(67)45(51(2,3)4)56-43(62)10-8-7-9-21-52-46(63)34-16-15-31-18-20-38(37(31)22-34)55-47(64)39-25-42(68-57-39)33-17-19-36(41(61)23-33)49(66)58(5)6/h11-17,19,22-23,25,28,35,38,40,45,60-61H,7-10,18,20-21,24,26-27H2,1-6H3,(H,52,63)(H,53,65)(H,55,64)(H,56,62)/t35-,38-,40+,45?/m1/s1. The van der Waals surface area contributed by atoms with Gasteiger partial charge in [0.15, 0.2) is 11.5 Å². The Morgan fingerprint density at radius 1 is 0.928 bits per heavy atom. The molecule has 1 aliphatic carbocycles. The van der Waals surface area contributed by atoms with Gasteiger partial charge in [-0.15, -0.1) is 11.3 Å². The number of aryl methyl sites for hydroxylation is 2. The van der Waals surface area contributed by atoms with Crippen LogP contribution in [0.15, 0.2) is 76.8 Å². The van der Waals surface area contributed by atoms with Crippen molar-refractivity contribution in [2.45, 2.75) is 103 Å². The normalized spacial score (nSPS) is 16.9. The summed E-state index contributed by atoms with van der Waals surface area (Å²) in [6.07, 6.45) is 2.49. The topological polar surface area (TPSA) is 236 Å². The zero-order valence-electron chi connectivity index (χ0n) is 39.8. The number of rotatable bonds is 17. The largest absolute Gasteiger partial charge is 0.507 e. The molecule has 2 aromatic heterocycles. The molecule has 1 aliphatic heterocycles. The minimum absolute atomic E-state index is 0.0180. The van der Waals surface area contributed by atoms with Crippen LogP contribution in [0.4, 0.5) is 0 Å². The molecule has 0 spiro atoms. The Morgan fingerprint density at radius 2 is 1.68 bits per heavy atom. The Kier molecular flexibility index (Phi) is 15.6. The average molecular weight is 961 g/mol. The lowest BCUT2D eigenvalue weighted by atomic mass is 9.85. The maximum atomic E-state index is 14.0. The summed E-state index contributed by atoms with van der Waals surface area (Å²) in [5, 5.41) is 36.7. The van der Waals surface area contributed by atoms with Crippen molar-refractivity contribution >= 4 is 46.8 Å². The minimum atomic E-state index is -0.934. The third-order valence-electron chi connectivity index (χ3n) is 12.5. The summed E-state index contributed by atoms with van der Waals surface area (Å²) in [5.41, 5.74) is 6.92. The second-order valence-corrected chi connectivity index (χ2v) is 19.9. The van der Waals surface area contributed by atoms with E-state index in [1.54, 1.807) is 49.1 Å². The number of aromatic nitrogens is 2. The Morgan fingerprint density at radius 3 is 2.38 bits per heavy atom. The number of aromatic hydroxyl groups is 1. The molecule has 4 atom stereocenters. The summed E-state index contributed by atoms with van der Waals surface area (Å²) < 4.78 is 5.40. The predicted molar refractivity (Wildman–Crippen MR) is 259 cm³/mol. The number of likely N-dealkylation sites (tertiary alicyclic amines) is 1. The third kappa shape index (κ3) is 12.0. The van der Waals surface area contributed by atoms with Gasteiger partial charge in [-0.05, 0) is 84.5 Å². The molecule has 6 amide bonds. The van der Waals surface area contributed by atoms with E-state index in [-0.39, 0.29) is 78.4 Å². The zero-order chi connectivity index (χ0) is 49.6. The number of nitrogens with zero attached hydrogens (tertiary/aromatic N) is 4. The van der Waals surface area contributed by atoms with Crippen LogP contribution in [-0.2, 0) is 27.3 Å². The number of carbonyl (C=O) groups is 6. The SMILES string of the molecule is Cc1ncsc1-c1ccc(CNC(=O)[C@@H]2C[C@@H](O)CN2C(=O)C(NC(=O)CCCCCNC(=O)c2ccc3c(c2)[C@H](NC(=O)c2cc(-c4ccc(C(=O)N(C)C)c(O)c4)on2)CC3)C(C)(C)C)cc1. The molecule has 0 bridgehead atoms. The number of aliphatic hydroxyl groups excluding tert-OH is 1. The van der Waals surface area contributed by atoms with Crippen molar-refractivity contribution in [1.29, 1.82) is 0 Å². The van der Waals surface area contributed by atoms with Gasteiger partial charge in [-0.25, -0.2) is 4.98 Å². The number of carbonyl (C=O) groups excluding carboxylic acids is 6. The number of phenolic OH excluding ortho intramolecular Hbond substituents is 1. The number of hydrogen-bond acceptors (Lipinski definition) is 12. The molecule has 2 aliphatic rings. The first-order chi connectivity index (χ1) is 32.9. The van der Waals surface area contributed by atoms with E-state index in [0.717, 1.165) is 32.8 Å². The average Bonchev–Trinajstić information content (AvgIpc) is 4.15. The molecule has 1 unspecified atom stereocenters. The summed E-state index contributed by atoms with van der Waals surface area (Å²) in [5.74, 6) is -2.18. The molecule has 7 rings (SSSR count). The molecule has 69 heavy (non-hydrogen) atoms. The fourth-order valence-corrected chi connectivity index (χ4v) is 9.47. The van der Waals surface area contributed by atoms with E-state index >= 15 is 0 Å². The van der Waals surface area contributed by atoms with Crippen LogP contribution in [0, 0.1) is 12.3 Å². The van der Waals surface area contributed by atoms with Crippen LogP contribution >= 0.6 is 11.3 Å². The van der Waals surface area contributed by atoms with E-state index in [9.17, 15) is 39.0 Å². The summed E-state index contributed by atoms with van der Waals surface area (Å²) >= 11 is 1.57. The molecule has 18 heteroatoms. The fourth-order valence-electron chi connectivity index (χ4n) is 8.66. The quantitative estimate of drug-likeness (QED) is 0.0619. The third-order valence-corrected chi connectivity index (χ3v) is 13.5. The predicted octanol–water partition coefficient (Wildman–Crippen LogP) is 5.70. The highest BCUT2D eigenvalue weighted by atomic mass is 32.1. The van der Waals surface area contributed by atoms with Crippen molar-refractivity contribution in [1.82, 2.24) is 41.2 Å². The molecule has 0 radical (unpaired) electrons. The van der Waals surface area contributed by atoms with Crippen LogP contribution in [0.2, 0.25) is 0 Å². The van der Waals surface area contributed by atoms with Gasteiger partial charge in [0.05, 0.1) is 33.8 Å². The van der Waals surface area contributed by atoms with Crippen LogP contribution in [0.1, 0.15) is 119 Å². The first-order valence-electron chi connectivity index (χ1n) is 23.2. The first-order valence-corrected chi connectivity index (χ1v) is 24.0. The van der Waals surface area contributed by atoms with Crippen molar-refractivity contribution in [3.8, 4) is 27.5 Å². The van der Waals surface area contributed by atoms with Gasteiger partial charge in [0.25, 0.3) is 17.7 Å². The number of unbranched alkanes of at least 4 members (excludes halogenated alkanes) is 2. The van der Waals surface area contributed by atoms with E-state index in [1.165, 1.54) is 28.0 Å². The van der Waals surface area contributed by atoms with Gasteiger partial charge >= 0.3 is 0 Å². The second-order valence-electron chi connectivity index (χ2n) is 19.0. The smallest absolute Gasteiger partial charge is 0.273 e. The Labute approximate surface area is 405 Å². The van der Waals surface area contributed by atoms with Crippen molar-refractivity contribution in [3.63, 3.8) is 0 Å². The summed E-state index contributed by atoms with van der Waals surface area (Å²) in [7, 11) is 3.17. The van der Waals surface area contributed by atoms with Gasteiger partial charge in [-0.2, -0.15) is 0 Å². The second kappa shape index (κ2) is 21.6. The Bertz CT molecular complexity index is 2710. The number of amides is 6. The van der Waals surface area contributed by atoms with Gasteiger partial charge in [-0.1, -0.05) is 68.7 Å². The number of β-amino-alcohol motifs (C(OH)–C–C–N with tert-alkyl or cyclic N) is 1. The Hall–Kier alpha value is -6.92. The highest BCUT2D eigenvalue weighted by Gasteiger charge is 2.44. The fraction of sp³-hybridized carbons (Fsp3) is 0.412. The Balaban J connectivity index is 0.844. The summed E-state index contributed by atoms with van der Waals surface area (Å²) in [6.45, 7) is 8.10. The van der Waals surface area contributed by atoms with Gasteiger partial charge in [0, 0.05) is 63.8 Å². The molecule has 6 N–H and O–H groups in total. The van der Waals surface area contributed by atoms with Crippen LogP contribution in [-0.4, -0.2) is 111 Å². The molecule has 364 valence electrons. The molecule has 1 fully saturated rings. The van der Waals surface area contributed by atoms with E-state index in [4.69, 9.17) is 4.52 Å². The van der Waals surface area contributed by atoms with Crippen LogP contribution in [0.5, 0.6) is 5.75 Å². The van der Waals surface area contributed by atoms with Gasteiger partial charge < -0.3 is 45.8 Å². The van der Waals surface area contributed by atoms with Crippen molar-refractivity contribution < 1.29 is 43.5 Å². The molecule has 17 nitrogen and oxygen atoms in total. The van der Waals surface area contributed by atoms with Gasteiger partial charge in [0.1, 0.15) is 17.8 Å². The number of thiazole rings is 1. The number of phenols is 1. The summed E-state index contributed by atoms with van der Waals surface area (Å²) in [6, 6.07) is 17.0. The van der Waals surface area contributed by atoms with Crippen molar-refractivity contribution in [2.24, 2.45) is 5.41 Å². The van der Waals surface area contributed by atoms with Crippen molar-refractivity contribution in [3.05, 3.63) is 111 Å². The molecular formula is C51H60N8O9S. The number of hydrogen-bond donors (Lipinski definition) is 6. The summed E-state index contributed by atoms with van der Waals surface area (Å²) in [4.78, 5) is 87.7. The highest BCUT2D eigenvalue weighted by Crippen LogP contribution is 2.34. The lowest BCUT2D eigenvalue weighted by molar-refractivity contribution is -0.144. The van der Waals surface area contributed by atoms with Crippen LogP contribution in [0.3, 0.4) is 0 Å². The van der Waals surface area contributed by atoms with Crippen LogP contribution < -0.4 is 21.3 Å². The number of aliphatic hydroxyl groups is 1. The van der Waals surface area contributed by atoms with E-state index in [1.807, 2.05) is 58.0 Å². The zero-order valence-corrected chi connectivity index (χ0v) is 40.6. The molecule has 3 aromatic carbocycles. The lowest BCUT2D eigenvalue weighted by Gasteiger charge is -2.35. The molecule has 5 aromatic rings. The maximum absolute atomic E-state index is 14.0. The number of nitrogens with one attached hydrogen (secondary N) is 4. The van der Waals surface area contributed by atoms with Crippen LogP contribution in [0.25, 0.3) is 21.8 Å². The highest BCUT2D eigenvalue weighted by molar-refractivity contribution is 7.13. The first kappa shape index (κ1) is 50.0. The minimum Gasteiger partial charge on any atom is -0.507 e.